The van der Waals surface area contributed by atoms with Gasteiger partial charge in [0.2, 0.25) is 0 Å². The van der Waals surface area contributed by atoms with Crippen molar-refractivity contribution in [2.24, 2.45) is 0 Å². The average Bonchev–Trinajstić information content (AvgIpc) is 1.94. The van der Waals surface area contributed by atoms with Gasteiger partial charge in [-0.25, -0.2) is 0 Å². The van der Waals surface area contributed by atoms with Crippen LogP contribution in [0.4, 0.5) is 5.69 Å². The molecule has 3 heteroatoms. The highest BCUT2D eigenvalue weighted by molar-refractivity contribution is 6.54. The average molecular weight is 200 g/mol. The van der Waals surface area contributed by atoms with Crippen molar-refractivity contribution >= 4 is 31.4 Å². The minimum atomic E-state index is -0.139. The van der Waals surface area contributed by atoms with Crippen molar-refractivity contribution in [1.29, 1.82) is 0 Å². The fourth-order valence-electron chi connectivity index (χ4n) is 0.475. The first-order chi connectivity index (χ1) is 5.54. The van der Waals surface area contributed by atoms with E-state index in [2.05, 4.69) is 17.4 Å². The summed E-state index contributed by atoms with van der Waals surface area (Å²) >= 11 is 5.44. The van der Waals surface area contributed by atoms with E-state index < -0.39 is 0 Å². The molecule has 0 radical (unpaired) electrons. The molecule has 0 spiro atoms. The molecule has 0 fully saturated rings. The summed E-state index contributed by atoms with van der Waals surface area (Å²) in [6.45, 7) is 0. The highest BCUT2D eigenvalue weighted by Gasteiger charge is 1.87. The standard InChI is InChI=1S/C6H6ClN.3CH3.Al/c7-5-3-1-2-4-6(5)8;;;;/h1-4H,8H2;3*1H3;. The maximum atomic E-state index is 5.58. The molecule has 1 aromatic carbocycles. The SMILES string of the molecule is Nc1ccccc1Cl.[CH3][Al]([CH3])[CH3]. The molecule has 0 unspecified atom stereocenters. The highest BCUT2D eigenvalue weighted by Crippen LogP contribution is 2.15. The predicted octanol–water partition coefficient (Wildman–Crippen LogP) is 3.29. The van der Waals surface area contributed by atoms with Gasteiger partial charge >= 0.3 is 0 Å². The lowest BCUT2D eigenvalue weighted by Gasteiger charge is -1.91. The van der Waals surface area contributed by atoms with Crippen molar-refractivity contribution in [3.63, 3.8) is 0 Å². The first kappa shape index (κ1) is 11.8. The van der Waals surface area contributed by atoms with E-state index in [1.807, 2.05) is 12.1 Å². The Kier molecular flexibility index (Phi) is 6.28. The third-order valence-electron chi connectivity index (χ3n) is 0.905. The Bertz CT molecular complexity index is 202. The fourth-order valence-corrected chi connectivity index (χ4v) is 0.611. The molecule has 0 aromatic heterocycles. The second-order valence-electron chi connectivity index (χ2n) is 3.25. The van der Waals surface area contributed by atoms with Crippen LogP contribution in [0, 0.1) is 0 Å². The van der Waals surface area contributed by atoms with Gasteiger partial charge in [-0.05, 0) is 12.1 Å². The van der Waals surface area contributed by atoms with Gasteiger partial charge in [-0.2, -0.15) is 0 Å². The number of nitrogens with two attached hydrogens (primary N) is 1. The predicted molar refractivity (Wildman–Crippen MR) is 59.2 cm³/mol. The van der Waals surface area contributed by atoms with Crippen molar-refractivity contribution in [3.05, 3.63) is 29.3 Å². The monoisotopic (exact) mass is 199 g/mol. The molecule has 1 aromatic rings. The lowest BCUT2D eigenvalue weighted by molar-refractivity contribution is 1.68. The molecule has 0 saturated heterocycles. The van der Waals surface area contributed by atoms with Gasteiger partial charge in [-0.1, -0.05) is 23.7 Å². The van der Waals surface area contributed by atoms with Crippen LogP contribution in [0.1, 0.15) is 0 Å². The zero-order chi connectivity index (χ0) is 9.56. The fraction of sp³-hybridized carbons (Fsp3) is 0.333. The lowest BCUT2D eigenvalue weighted by Crippen LogP contribution is -1.84. The Morgan fingerprint density at radius 3 is 1.83 bits per heavy atom. The molecule has 12 heavy (non-hydrogen) atoms. The van der Waals surface area contributed by atoms with Crippen molar-refractivity contribution in [2.45, 2.75) is 17.4 Å². The van der Waals surface area contributed by atoms with E-state index in [-0.39, 0.29) is 14.1 Å². The number of benzene rings is 1. The van der Waals surface area contributed by atoms with Crippen LogP contribution in [-0.2, 0) is 0 Å². The minimum absolute atomic E-state index is 0.139. The summed E-state index contributed by atoms with van der Waals surface area (Å²) in [7, 11) is 0. The zero-order valence-electron chi connectivity index (χ0n) is 7.84. The van der Waals surface area contributed by atoms with E-state index in [1.165, 1.54) is 0 Å². The van der Waals surface area contributed by atoms with E-state index in [1.54, 1.807) is 12.1 Å². The molecule has 66 valence electrons. The third-order valence-corrected chi connectivity index (χ3v) is 1.25. The van der Waals surface area contributed by atoms with Gasteiger partial charge in [0.15, 0.2) is 0 Å². The van der Waals surface area contributed by atoms with E-state index in [9.17, 15) is 0 Å². The minimum Gasteiger partial charge on any atom is -0.398 e. The number of hydrogen-bond donors (Lipinski definition) is 1. The Hall–Kier alpha value is -0.158. The van der Waals surface area contributed by atoms with Gasteiger partial charge in [0.25, 0.3) is 14.1 Å². The summed E-state index contributed by atoms with van der Waals surface area (Å²) in [6, 6.07) is 7.22. The summed E-state index contributed by atoms with van der Waals surface area (Å²) in [5, 5.41) is 0.618. The summed E-state index contributed by atoms with van der Waals surface area (Å²) in [6.07, 6.45) is 0. The number of hydrogen-bond acceptors (Lipinski definition) is 1. The maximum Gasteiger partial charge on any atom is 0.251 e. The summed E-state index contributed by atoms with van der Waals surface area (Å²) in [4.78, 5) is 0. The number of rotatable bonds is 0. The molecule has 1 nitrogen and oxygen atoms in total. The summed E-state index contributed by atoms with van der Waals surface area (Å²) in [5.41, 5.74) is 6.02. The van der Waals surface area contributed by atoms with E-state index >= 15 is 0 Å². The zero-order valence-corrected chi connectivity index (χ0v) is 9.75. The highest BCUT2D eigenvalue weighted by atomic mass is 35.5. The van der Waals surface area contributed by atoms with Crippen molar-refractivity contribution < 1.29 is 0 Å². The quantitative estimate of drug-likeness (QED) is 0.504. The largest absolute Gasteiger partial charge is 0.398 e. The van der Waals surface area contributed by atoms with E-state index in [4.69, 9.17) is 17.3 Å². The third kappa shape index (κ3) is 6.55. The van der Waals surface area contributed by atoms with Crippen LogP contribution >= 0.6 is 11.6 Å². The molecule has 0 amide bonds. The van der Waals surface area contributed by atoms with Gasteiger partial charge in [0.05, 0.1) is 10.7 Å². The van der Waals surface area contributed by atoms with Crippen LogP contribution in [0.2, 0.25) is 22.4 Å². The molecule has 0 aliphatic carbocycles. The number of halogens is 1. The smallest absolute Gasteiger partial charge is 0.251 e. The van der Waals surface area contributed by atoms with Crippen LogP contribution in [0.15, 0.2) is 24.3 Å². The van der Waals surface area contributed by atoms with Crippen LogP contribution in [-0.4, -0.2) is 14.1 Å². The van der Waals surface area contributed by atoms with Gasteiger partial charge < -0.3 is 5.73 Å². The molecule has 0 bridgehead atoms. The Labute approximate surface area is 83.9 Å². The molecule has 0 aliphatic rings. The molecule has 0 saturated carbocycles. The molecule has 1 rings (SSSR count). The van der Waals surface area contributed by atoms with Gasteiger partial charge in [0, 0.05) is 0 Å². The Balaban J connectivity index is 0.000000261. The van der Waals surface area contributed by atoms with Gasteiger partial charge in [-0.15, -0.1) is 17.4 Å². The number of para-hydroxylation sites is 1. The number of anilines is 1. The molecule has 0 atom stereocenters. The first-order valence-corrected chi connectivity index (χ1v) is 7.88. The number of nitrogen functional groups attached to an aromatic ring is 1. The van der Waals surface area contributed by atoms with Gasteiger partial charge in [0.1, 0.15) is 0 Å². The molecular formula is C9H15AlClN. The van der Waals surface area contributed by atoms with Crippen molar-refractivity contribution in [2.75, 3.05) is 5.73 Å². The van der Waals surface area contributed by atoms with Crippen LogP contribution in [0.25, 0.3) is 0 Å². The molecular weight excluding hydrogens is 185 g/mol. The second-order valence-corrected chi connectivity index (χ2v) is 7.12. The van der Waals surface area contributed by atoms with Gasteiger partial charge in [-0.3, -0.25) is 0 Å². The molecule has 2 N–H and O–H groups in total. The van der Waals surface area contributed by atoms with Crippen LogP contribution in [0.3, 0.4) is 0 Å². The second kappa shape index (κ2) is 6.37. The molecule has 0 aliphatic heterocycles. The summed E-state index contributed by atoms with van der Waals surface area (Å²) in [5.74, 6) is 6.92. The van der Waals surface area contributed by atoms with E-state index in [0.29, 0.717) is 10.7 Å². The Morgan fingerprint density at radius 2 is 1.58 bits per heavy atom. The van der Waals surface area contributed by atoms with Crippen molar-refractivity contribution in [1.82, 2.24) is 0 Å². The molecule has 0 heterocycles. The van der Waals surface area contributed by atoms with E-state index in [0.717, 1.165) is 0 Å². The Morgan fingerprint density at radius 1 is 1.17 bits per heavy atom. The van der Waals surface area contributed by atoms with Crippen LogP contribution in [0.5, 0.6) is 0 Å². The first-order valence-electron chi connectivity index (χ1n) is 4.04. The topological polar surface area (TPSA) is 26.0 Å². The maximum absolute atomic E-state index is 5.58. The van der Waals surface area contributed by atoms with Crippen molar-refractivity contribution in [3.8, 4) is 0 Å². The normalized spacial score (nSPS) is 8.33. The lowest BCUT2D eigenvalue weighted by atomic mass is 10.3. The van der Waals surface area contributed by atoms with Crippen LogP contribution < -0.4 is 5.73 Å². The summed E-state index contributed by atoms with van der Waals surface area (Å²) < 4.78 is 0.